The van der Waals surface area contributed by atoms with Gasteiger partial charge in [-0.1, -0.05) is 171 Å². The lowest BCUT2D eigenvalue weighted by molar-refractivity contribution is -0.143. The maximum absolute atomic E-state index is 15.4. The van der Waals surface area contributed by atoms with E-state index in [0.717, 1.165) is 41.5 Å². The summed E-state index contributed by atoms with van der Waals surface area (Å²) >= 11 is 0. The van der Waals surface area contributed by atoms with Crippen LogP contribution in [0.15, 0.2) is 82.6 Å². The molecule has 6 rings (SSSR count). The summed E-state index contributed by atoms with van der Waals surface area (Å²) < 4.78 is 0. The number of hydrogen-bond donors (Lipinski definition) is 19. The van der Waals surface area contributed by atoms with Gasteiger partial charge in [-0.25, -0.2) is 0 Å². The van der Waals surface area contributed by atoms with E-state index in [4.69, 9.17) is 22.9 Å². The maximum Gasteiger partial charge on any atom is 0.245 e. The molecular weight excluding hydrogens is 1620 g/mol. The molecule has 0 radical (unpaired) electrons. The number of guanidine groups is 1. The molecule has 1 aromatic heterocycles. The van der Waals surface area contributed by atoms with Gasteiger partial charge in [0.15, 0.2) is 11.7 Å². The van der Waals surface area contributed by atoms with Crippen LogP contribution in [0, 0.1) is 0 Å². The highest BCUT2D eigenvalue weighted by molar-refractivity contribution is 6.01. The van der Waals surface area contributed by atoms with Gasteiger partial charge in [0, 0.05) is 106 Å². The number of nitrogens with zero attached hydrogens (tertiary/aromatic N) is 3. The van der Waals surface area contributed by atoms with Crippen molar-refractivity contribution in [2.24, 2.45) is 32.9 Å². The zero-order valence-corrected chi connectivity index (χ0v) is 73.3. The number of carbonyl (C=O) groups excluding carboxylic acids is 15. The number of aliphatic hydroxyl groups is 3. The molecule has 2 saturated heterocycles. The summed E-state index contributed by atoms with van der Waals surface area (Å²) in [7, 11) is 0. The third-order valence-electron chi connectivity index (χ3n) is 22.6. The number of amides is 13. The number of nitrogens with two attached hydrogens (primary N) is 4. The van der Waals surface area contributed by atoms with Gasteiger partial charge in [-0.3, -0.25) is 81.9 Å². The normalized spacial score (nSPS) is 20.2. The second-order valence-electron chi connectivity index (χ2n) is 33.0. The Morgan fingerprint density at radius 1 is 0.603 bits per heavy atom. The van der Waals surface area contributed by atoms with Gasteiger partial charge in [0.05, 0.1) is 31.4 Å². The molecule has 696 valence electrons. The van der Waals surface area contributed by atoms with E-state index >= 15 is 19.2 Å². The summed E-state index contributed by atoms with van der Waals surface area (Å²) in [6.07, 6.45) is 16.1. The molecule has 37 nitrogen and oxygen atoms in total. The number of Topliss-reactive ketones (excluding diaryl/α,β-unsaturated/α-hetero) is 2. The van der Waals surface area contributed by atoms with Crippen LogP contribution >= 0.6 is 0 Å². The Morgan fingerprint density at radius 3 is 1.87 bits per heavy atom. The Morgan fingerprint density at radius 2 is 1.21 bits per heavy atom. The minimum absolute atomic E-state index is 0.00351. The number of aromatic nitrogens is 1. The van der Waals surface area contributed by atoms with Crippen molar-refractivity contribution in [2.75, 3.05) is 32.8 Å². The minimum atomic E-state index is -1.88. The first kappa shape index (κ1) is 104. The van der Waals surface area contributed by atoms with Crippen molar-refractivity contribution in [3.8, 4) is 0 Å². The zero-order chi connectivity index (χ0) is 91.9. The predicted octanol–water partition coefficient (Wildman–Crippen LogP) is 1.61. The quantitative estimate of drug-likeness (QED) is 0.0217. The lowest BCUT2D eigenvalue weighted by atomic mass is 9.97. The minimum Gasteiger partial charge on any atom is -0.394 e. The van der Waals surface area contributed by atoms with Crippen LogP contribution in [0.5, 0.6) is 0 Å². The van der Waals surface area contributed by atoms with Gasteiger partial charge >= 0.3 is 0 Å². The molecule has 13 amide bonds. The summed E-state index contributed by atoms with van der Waals surface area (Å²) in [4.78, 5) is 227. The third kappa shape index (κ3) is 37.2. The van der Waals surface area contributed by atoms with Crippen LogP contribution in [0.3, 0.4) is 0 Å². The highest BCUT2D eigenvalue weighted by atomic mass is 16.3. The smallest absolute Gasteiger partial charge is 0.245 e. The number of carbonyl (C=O) groups is 15. The molecular formula is C89H137N19O18. The van der Waals surface area contributed by atoms with Crippen molar-refractivity contribution in [2.45, 2.75) is 324 Å². The lowest BCUT2D eigenvalue weighted by Gasteiger charge is -2.31. The summed E-state index contributed by atoms with van der Waals surface area (Å²) in [5.41, 5.74) is 24.9. The average molecular weight is 1760 g/mol. The van der Waals surface area contributed by atoms with Crippen molar-refractivity contribution in [1.82, 2.24) is 68.4 Å². The number of aromatic amines is 1. The van der Waals surface area contributed by atoms with Crippen LogP contribution in [0.4, 0.5) is 0 Å². The number of primary amides is 1. The molecule has 0 bridgehead atoms. The monoisotopic (exact) mass is 1760 g/mol. The van der Waals surface area contributed by atoms with Crippen LogP contribution in [-0.2, 0) is 84.8 Å². The van der Waals surface area contributed by atoms with E-state index in [1.807, 2.05) is 24.3 Å². The van der Waals surface area contributed by atoms with Gasteiger partial charge < -0.3 is 107 Å². The molecule has 2 fully saturated rings. The standard InChI is InChI=1S/C89H137N19O18/c1-4-6-8-9-10-11-12-13-14-15-16-17-24-40-76(115)97-53-77(116)107-78(56(3)110)87(125)101-67(43-44-75(91)114)81(119)104-71(50-59-32-28-46-94-59)84(122)106-72(55-109)85(123)100-65(35-7-5-2)79(117)102-68-42-41-60(111)33-22-19-23-37-64(74(113)39-27-45-90)98-83(121)70(49-58-52-96-63-36-26-25-34-62(58)63)103-80(118)66(38-29-47-95-89(92)93)99-82(120)69(48-57-30-20-18-21-31-57)105-86(124)73-51-61(112)54-108(73)88(68)126/h18,20-21,25-26,30-32,34,36,46,52,56,61,64-73,78,96,109-110,112H,4-17,19,22-24,27-29,33,35,37-45,47-51,53-55,90H2,1-3H3,(H2,91,114)(H,97,115)(H,98,121)(H,99,120)(H,100,123)(H,101,125)(H,102,117)(H,103,118)(H,104,119)(H,105,124)(H,106,122)(H,107,116)(H4,92,93,95)/t56-,61-,64+,65+,66+,67+,68+,69-,70+,71+,72+,73+,78+/m1/s1. The van der Waals surface area contributed by atoms with Crippen LogP contribution < -0.4 is 81.4 Å². The molecule has 0 unspecified atom stereocenters. The molecule has 4 heterocycles. The summed E-state index contributed by atoms with van der Waals surface area (Å²) in [5.74, 6) is -12.9. The number of hydrogen-bond acceptors (Lipinski definition) is 21. The molecule has 3 aromatic rings. The average Bonchev–Trinajstić information content (AvgIpc) is 1.65. The van der Waals surface area contributed by atoms with Crippen molar-refractivity contribution < 1.29 is 87.2 Å². The second-order valence-corrected chi connectivity index (χ2v) is 33.0. The van der Waals surface area contributed by atoms with E-state index in [9.17, 15) is 68.1 Å². The molecule has 37 heteroatoms. The first-order valence-electron chi connectivity index (χ1n) is 45.0. The van der Waals surface area contributed by atoms with Crippen LogP contribution in [0.2, 0.25) is 0 Å². The van der Waals surface area contributed by atoms with Gasteiger partial charge in [0.2, 0.25) is 76.8 Å². The van der Waals surface area contributed by atoms with Crippen molar-refractivity contribution >= 4 is 111 Å². The Hall–Kier alpha value is -11.1. The largest absolute Gasteiger partial charge is 0.394 e. The number of unbranched alkanes of at least 4 members (excludes halogenated alkanes) is 13. The molecule has 13 atom stereocenters. The molecule has 126 heavy (non-hydrogen) atoms. The predicted molar refractivity (Wildman–Crippen MR) is 474 cm³/mol. The van der Waals surface area contributed by atoms with Crippen molar-refractivity contribution in [3.63, 3.8) is 0 Å². The van der Waals surface area contributed by atoms with Crippen molar-refractivity contribution in [3.05, 3.63) is 83.7 Å². The Bertz CT molecular complexity index is 4150. The number of fused-ring (bicyclic) bond motifs is 2. The summed E-state index contributed by atoms with van der Waals surface area (Å²) in [6.45, 7) is 3.21. The van der Waals surface area contributed by atoms with E-state index in [-0.39, 0.29) is 126 Å². The summed E-state index contributed by atoms with van der Waals surface area (Å²) in [6, 6.07) is -1.27. The highest BCUT2D eigenvalue weighted by Crippen LogP contribution is 2.25. The Labute approximate surface area is 737 Å². The topological polar surface area (TPSA) is 597 Å². The summed E-state index contributed by atoms with van der Waals surface area (Å²) in [5, 5.41) is 62.6. The van der Waals surface area contributed by atoms with Crippen molar-refractivity contribution in [1.29, 1.82) is 0 Å². The Kier molecular flexibility index (Phi) is 46.8. The number of aliphatic hydroxyl groups excluding tert-OH is 3. The van der Waals surface area contributed by atoms with Crippen LogP contribution in [0.25, 0.3) is 10.9 Å². The number of ketones is 2. The van der Waals surface area contributed by atoms with Crippen LogP contribution in [-0.4, -0.2) is 237 Å². The first-order valence-corrected chi connectivity index (χ1v) is 45.0. The Balaban J connectivity index is 1.21. The molecule has 3 aliphatic rings. The van der Waals surface area contributed by atoms with Gasteiger partial charge in [0.1, 0.15) is 66.2 Å². The number of rotatable bonds is 49. The van der Waals surface area contributed by atoms with E-state index < -0.39 is 194 Å². The van der Waals surface area contributed by atoms with Crippen LogP contribution in [0.1, 0.15) is 244 Å². The highest BCUT2D eigenvalue weighted by Gasteiger charge is 2.44. The molecule has 0 aliphatic carbocycles. The first-order chi connectivity index (χ1) is 60.5. The number of nitrogens with one attached hydrogen (secondary N) is 12. The number of benzene rings is 2. The maximum atomic E-state index is 15.4. The molecule has 0 saturated carbocycles. The van der Waals surface area contributed by atoms with E-state index in [1.54, 1.807) is 49.5 Å². The molecule has 23 N–H and O–H groups in total. The fourth-order valence-electron chi connectivity index (χ4n) is 15.4. The number of para-hydroxylation sites is 1. The SMILES string of the molecule is CCCCCCCCCCCCCCCC(=O)NCC(=O)N[C@H](C(=O)N[C@@H](CCC(N)=O)C(=O)N[C@@H](CC1=CCC=N1)C(=O)N[C@@H](CO)C(=O)N[C@@H](CCCC)C(=O)N[C@H]1CCC(=O)CCCCC[C@@H](C(=O)CCCN)NC(=O)[C@H](Cc2c[nH]c3ccccc23)NC(=O)[C@H](CCCN=C(N)N)NC(=O)[C@@H](Cc2ccccc2)NC(=O)[C@@H]2C[C@@H](O)CN2C1=O)[C@@H](C)O. The van der Waals surface area contributed by atoms with Gasteiger partial charge in [0.25, 0.3) is 0 Å². The molecule has 2 aromatic carbocycles. The third-order valence-corrected chi connectivity index (χ3v) is 22.6. The second kappa shape index (κ2) is 56.8. The molecule has 0 spiro atoms. The zero-order valence-electron chi connectivity index (χ0n) is 73.3. The number of allylic oxidation sites excluding steroid dienone is 1. The fraction of sp³-hybridized carbons (Fsp3) is 0.629. The number of aliphatic imine (C=N–C) groups is 2. The fourth-order valence-corrected chi connectivity index (χ4v) is 15.4. The molecule has 3 aliphatic heterocycles. The lowest BCUT2D eigenvalue weighted by Crippen LogP contribution is -2.61. The van der Waals surface area contributed by atoms with Gasteiger partial charge in [-0.05, 0) is 88.4 Å². The van der Waals surface area contributed by atoms with E-state index in [1.165, 1.54) is 64.5 Å². The van der Waals surface area contributed by atoms with Gasteiger partial charge in [-0.15, -0.1) is 0 Å². The van der Waals surface area contributed by atoms with Gasteiger partial charge in [-0.2, -0.15) is 0 Å². The van der Waals surface area contributed by atoms with E-state index in [0.29, 0.717) is 49.7 Å². The van der Waals surface area contributed by atoms with E-state index in [2.05, 4.69) is 80.4 Å². The number of H-pyrrole nitrogens is 1.